The molecule has 104 valence electrons. The summed E-state index contributed by atoms with van der Waals surface area (Å²) in [5.41, 5.74) is 1.11. The second-order valence-corrected chi connectivity index (χ2v) is 5.66. The van der Waals surface area contributed by atoms with Crippen LogP contribution in [0.3, 0.4) is 0 Å². The molecular weight excluding hydrogens is 310 g/mol. The van der Waals surface area contributed by atoms with Crippen LogP contribution >= 0.6 is 15.9 Å². The molecule has 1 aliphatic carbocycles. The number of hydrogen-bond donors (Lipinski definition) is 1. The molecule has 2 fully saturated rings. The monoisotopic (exact) mass is 327 g/mol. The minimum atomic E-state index is -0.142. The van der Waals surface area contributed by atoms with Gasteiger partial charge in [-0.2, -0.15) is 0 Å². The van der Waals surface area contributed by atoms with Crippen LogP contribution in [0.2, 0.25) is 0 Å². The summed E-state index contributed by atoms with van der Waals surface area (Å²) >= 11 is 3.62. The maximum Gasteiger partial charge on any atom is 0.162 e. The SMILES string of the molecule is CCNc1nc(C2COCCO2)nc(C2CC2)c1Br. The number of nitrogens with one attached hydrogen (secondary N) is 1. The Morgan fingerprint density at radius 3 is 2.79 bits per heavy atom. The van der Waals surface area contributed by atoms with Crippen LogP contribution in [0, 0.1) is 0 Å². The summed E-state index contributed by atoms with van der Waals surface area (Å²) in [4.78, 5) is 9.28. The molecule has 0 spiro atoms. The smallest absolute Gasteiger partial charge is 0.162 e. The molecule has 0 bridgehead atoms. The van der Waals surface area contributed by atoms with Crippen LogP contribution in [0.4, 0.5) is 5.82 Å². The fourth-order valence-corrected chi connectivity index (χ4v) is 2.82. The lowest BCUT2D eigenvalue weighted by atomic mass is 10.2. The quantitative estimate of drug-likeness (QED) is 0.921. The Hall–Kier alpha value is -0.720. The van der Waals surface area contributed by atoms with Crippen molar-refractivity contribution in [3.63, 3.8) is 0 Å². The molecular formula is C13H18BrN3O2. The van der Waals surface area contributed by atoms with Gasteiger partial charge in [0.05, 0.1) is 30.0 Å². The van der Waals surface area contributed by atoms with Crippen LogP contribution in [-0.4, -0.2) is 36.3 Å². The molecule has 0 radical (unpaired) electrons. The predicted molar refractivity (Wildman–Crippen MR) is 75.4 cm³/mol. The number of nitrogens with zero attached hydrogens (tertiary/aromatic N) is 2. The third-order valence-corrected chi connectivity index (χ3v) is 4.09. The molecule has 2 aliphatic rings. The summed E-state index contributed by atoms with van der Waals surface area (Å²) < 4.78 is 12.1. The third kappa shape index (κ3) is 2.90. The van der Waals surface area contributed by atoms with Crippen molar-refractivity contribution in [3.05, 3.63) is 16.0 Å². The van der Waals surface area contributed by atoms with Gasteiger partial charge in [0.15, 0.2) is 5.82 Å². The molecule has 1 N–H and O–H groups in total. The molecule has 1 saturated carbocycles. The highest BCUT2D eigenvalue weighted by Crippen LogP contribution is 2.44. The third-order valence-electron chi connectivity index (χ3n) is 3.31. The van der Waals surface area contributed by atoms with E-state index in [2.05, 4.69) is 33.2 Å². The molecule has 1 atom stereocenters. The molecule has 1 aromatic rings. The standard InChI is InChI=1S/C13H18BrN3O2/c1-2-15-13-10(14)11(8-3-4-8)16-12(17-13)9-7-18-5-6-19-9/h8-9H,2-7H2,1H3,(H,15,16,17). The summed E-state index contributed by atoms with van der Waals surface area (Å²) in [6, 6.07) is 0. The largest absolute Gasteiger partial charge is 0.376 e. The lowest BCUT2D eigenvalue weighted by Gasteiger charge is -2.23. The van der Waals surface area contributed by atoms with Gasteiger partial charge in [-0.15, -0.1) is 0 Å². The van der Waals surface area contributed by atoms with Crippen molar-refractivity contribution in [1.29, 1.82) is 0 Å². The van der Waals surface area contributed by atoms with E-state index in [1.807, 2.05) is 0 Å². The van der Waals surface area contributed by atoms with E-state index in [1.165, 1.54) is 12.8 Å². The predicted octanol–water partition coefficient (Wildman–Crippen LogP) is 2.64. The average molecular weight is 328 g/mol. The van der Waals surface area contributed by atoms with Crippen LogP contribution in [0.25, 0.3) is 0 Å². The second-order valence-electron chi connectivity index (χ2n) is 4.87. The molecule has 1 saturated heterocycles. The van der Waals surface area contributed by atoms with Gasteiger partial charge in [0.2, 0.25) is 0 Å². The van der Waals surface area contributed by atoms with Crippen LogP contribution in [0.5, 0.6) is 0 Å². The summed E-state index contributed by atoms with van der Waals surface area (Å²) in [6.45, 7) is 4.70. The number of aromatic nitrogens is 2. The number of hydrogen-bond acceptors (Lipinski definition) is 5. The van der Waals surface area contributed by atoms with Crippen molar-refractivity contribution in [2.45, 2.75) is 31.8 Å². The Labute approximate surface area is 121 Å². The fourth-order valence-electron chi connectivity index (χ4n) is 2.18. The van der Waals surface area contributed by atoms with Crippen molar-refractivity contribution in [2.24, 2.45) is 0 Å². The molecule has 3 rings (SSSR count). The van der Waals surface area contributed by atoms with Crippen LogP contribution in [0.1, 0.15) is 43.3 Å². The number of halogens is 1. The van der Waals surface area contributed by atoms with Gasteiger partial charge < -0.3 is 14.8 Å². The first kappa shape index (κ1) is 13.3. The molecule has 0 aromatic carbocycles. The second kappa shape index (κ2) is 5.73. The Bertz CT molecular complexity index is 459. The normalized spacial score (nSPS) is 23.4. The molecule has 1 aliphatic heterocycles. The highest BCUT2D eigenvalue weighted by atomic mass is 79.9. The van der Waals surface area contributed by atoms with E-state index in [0.29, 0.717) is 25.7 Å². The molecule has 1 unspecified atom stereocenters. The van der Waals surface area contributed by atoms with Crippen molar-refractivity contribution in [1.82, 2.24) is 9.97 Å². The Morgan fingerprint density at radius 2 is 2.16 bits per heavy atom. The van der Waals surface area contributed by atoms with E-state index in [4.69, 9.17) is 14.5 Å². The lowest BCUT2D eigenvalue weighted by molar-refractivity contribution is -0.0935. The summed E-state index contributed by atoms with van der Waals surface area (Å²) in [5.74, 6) is 2.17. The van der Waals surface area contributed by atoms with E-state index in [9.17, 15) is 0 Å². The van der Waals surface area contributed by atoms with Crippen molar-refractivity contribution in [2.75, 3.05) is 31.7 Å². The van der Waals surface area contributed by atoms with Gasteiger partial charge in [-0.25, -0.2) is 9.97 Å². The zero-order valence-electron chi connectivity index (χ0n) is 11.0. The molecule has 19 heavy (non-hydrogen) atoms. The maximum absolute atomic E-state index is 5.70. The van der Waals surface area contributed by atoms with Gasteiger partial charge >= 0.3 is 0 Å². The van der Waals surface area contributed by atoms with E-state index < -0.39 is 0 Å². The average Bonchev–Trinajstić information content (AvgIpc) is 3.27. The van der Waals surface area contributed by atoms with Gasteiger partial charge in [0.25, 0.3) is 0 Å². The molecule has 5 nitrogen and oxygen atoms in total. The summed E-state index contributed by atoms with van der Waals surface area (Å²) in [5, 5.41) is 3.28. The first-order chi connectivity index (χ1) is 9.29. The first-order valence-corrected chi connectivity index (χ1v) is 7.59. The molecule has 0 amide bonds. The van der Waals surface area contributed by atoms with Gasteiger partial charge in [0.1, 0.15) is 11.9 Å². The summed E-state index contributed by atoms with van der Waals surface area (Å²) in [7, 11) is 0. The lowest BCUT2D eigenvalue weighted by Crippen LogP contribution is -2.24. The minimum Gasteiger partial charge on any atom is -0.376 e. The topological polar surface area (TPSA) is 56.3 Å². The first-order valence-electron chi connectivity index (χ1n) is 6.80. The van der Waals surface area contributed by atoms with Crippen molar-refractivity contribution in [3.8, 4) is 0 Å². The molecule has 2 heterocycles. The van der Waals surface area contributed by atoms with Crippen molar-refractivity contribution >= 4 is 21.7 Å². The molecule has 6 heteroatoms. The summed E-state index contributed by atoms with van der Waals surface area (Å²) in [6.07, 6.45) is 2.28. The Balaban J connectivity index is 1.93. The van der Waals surface area contributed by atoms with Gasteiger partial charge in [-0.3, -0.25) is 0 Å². The van der Waals surface area contributed by atoms with E-state index in [0.717, 1.165) is 28.4 Å². The van der Waals surface area contributed by atoms with E-state index >= 15 is 0 Å². The van der Waals surface area contributed by atoms with E-state index in [1.54, 1.807) is 0 Å². The number of anilines is 1. The van der Waals surface area contributed by atoms with E-state index in [-0.39, 0.29) is 6.10 Å². The van der Waals surface area contributed by atoms with Gasteiger partial charge in [-0.05, 0) is 35.7 Å². The van der Waals surface area contributed by atoms with Crippen LogP contribution in [0.15, 0.2) is 4.47 Å². The fraction of sp³-hybridized carbons (Fsp3) is 0.692. The zero-order chi connectivity index (χ0) is 13.2. The van der Waals surface area contributed by atoms with Gasteiger partial charge in [0, 0.05) is 12.5 Å². The highest BCUT2D eigenvalue weighted by molar-refractivity contribution is 9.10. The highest BCUT2D eigenvalue weighted by Gasteiger charge is 2.31. The number of ether oxygens (including phenoxy) is 2. The Kier molecular flexibility index (Phi) is 4.00. The van der Waals surface area contributed by atoms with Gasteiger partial charge in [-0.1, -0.05) is 0 Å². The Morgan fingerprint density at radius 1 is 1.32 bits per heavy atom. The maximum atomic E-state index is 5.70. The van der Waals surface area contributed by atoms with Crippen LogP contribution in [-0.2, 0) is 9.47 Å². The zero-order valence-corrected chi connectivity index (χ0v) is 12.6. The number of rotatable bonds is 4. The minimum absolute atomic E-state index is 0.142. The van der Waals surface area contributed by atoms with Crippen molar-refractivity contribution < 1.29 is 9.47 Å². The molecule has 1 aromatic heterocycles. The van der Waals surface area contributed by atoms with Crippen LogP contribution < -0.4 is 5.32 Å².